The highest BCUT2D eigenvalue weighted by atomic mass is 32.2. The lowest BCUT2D eigenvalue weighted by Gasteiger charge is -2.23. The molecule has 0 saturated heterocycles. The van der Waals surface area contributed by atoms with Crippen molar-refractivity contribution in [2.45, 2.75) is 26.3 Å². The maximum atomic E-state index is 12.8. The average molecular weight is 406 g/mol. The Kier molecular flexibility index (Phi) is 7.11. The summed E-state index contributed by atoms with van der Waals surface area (Å²) in [5.74, 6) is -0.0205. The minimum absolute atomic E-state index is 0.0712. The zero-order chi connectivity index (χ0) is 20.7. The van der Waals surface area contributed by atoms with Gasteiger partial charge in [-0.25, -0.2) is 0 Å². The predicted molar refractivity (Wildman–Crippen MR) is 105 cm³/mol. The minimum atomic E-state index is -3.60. The van der Waals surface area contributed by atoms with Gasteiger partial charge in [-0.1, -0.05) is 25.5 Å². The summed E-state index contributed by atoms with van der Waals surface area (Å²) in [4.78, 5) is 24.8. The van der Waals surface area contributed by atoms with Crippen molar-refractivity contribution < 1.29 is 22.3 Å². The molecule has 0 bridgehead atoms. The third-order valence-corrected chi connectivity index (χ3v) is 4.43. The van der Waals surface area contributed by atoms with Crippen molar-refractivity contribution in [1.29, 1.82) is 0 Å². The van der Waals surface area contributed by atoms with E-state index >= 15 is 0 Å². The number of amides is 1. The molecule has 0 spiro atoms. The minimum Gasteiger partial charge on any atom is -0.383 e. The molecule has 0 aromatic heterocycles. The van der Waals surface area contributed by atoms with Crippen LogP contribution < -0.4 is 4.18 Å². The Labute approximate surface area is 164 Å². The quantitative estimate of drug-likeness (QED) is 0.359. The maximum absolute atomic E-state index is 12.8. The lowest BCUT2D eigenvalue weighted by Crippen LogP contribution is -2.31. The van der Waals surface area contributed by atoms with Crippen molar-refractivity contribution in [3.8, 4) is 5.75 Å². The molecule has 2 rings (SSSR count). The molecule has 0 aliphatic rings. The highest BCUT2D eigenvalue weighted by Crippen LogP contribution is 2.18. The van der Waals surface area contributed by atoms with E-state index in [0.29, 0.717) is 18.7 Å². The normalized spacial score (nSPS) is 11.1. The number of carbonyl (C=O) groups excluding carboxylic acids is 1. The number of nitro groups is 1. The zero-order valence-electron chi connectivity index (χ0n) is 15.7. The summed E-state index contributed by atoms with van der Waals surface area (Å²) in [6.45, 7) is 2.88. The molecular weight excluding hydrogens is 384 g/mol. The molecular formula is C19H22N2O6S. The van der Waals surface area contributed by atoms with Crippen molar-refractivity contribution >= 4 is 21.7 Å². The Morgan fingerprint density at radius 2 is 1.71 bits per heavy atom. The summed E-state index contributed by atoms with van der Waals surface area (Å²) >= 11 is 0. The molecule has 0 radical (unpaired) electrons. The number of carbonyl (C=O) groups is 1. The molecule has 0 aliphatic carbocycles. The fraction of sp³-hybridized carbons (Fsp3) is 0.316. The summed E-state index contributed by atoms with van der Waals surface area (Å²) in [5.41, 5.74) is 1.11. The lowest BCUT2D eigenvalue weighted by atomic mass is 10.1. The SMILES string of the molecule is CCCCN(Cc1ccc(OS(C)(=O)=O)cc1)C(=O)c1ccc([N+](=O)[O-])cc1. The van der Waals surface area contributed by atoms with E-state index in [2.05, 4.69) is 0 Å². The van der Waals surface area contributed by atoms with Crippen molar-refractivity contribution in [3.05, 3.63) is 69.8 Å². The molecule has 1 amide bonds. The Balaban J connectivity index is 2.16. The van der Waals surface area contributed by atoms with E-state index in [4.69, 9.17) is 4.18 Å². The first-order chi connectivity index (χ1) is 13.2. The number of rotatable bonds is 9. The van der Waals surface area contributed by atoms with Crippen molar-refractivity contribution in [3.63, 3.8) is 0 Å². The fourth-order valence-electron chi connectivity index (χ4n) is 2.56. The molecule has 0 saturated carbocycles. The maximum Gasteiger partial charge on any atom is 0.306 e. The largest absolute Gasteiger partial charge is 0.383 e. The van der Waals surface area contributed by atoms with Crippen LogP contribution in [0.2, 0.25) is 0 Å². The van der Waals surface area contributed by atoms with E-state index in [-0.39, 0.29) is 17.3 Å². The average Bonchev–Trinajstić information content (AvgIpc) is 2.65. The third-order valence-electron chi connectivity index (χ3n) is 3.94. The van der Waals surface area contributed by atoms with Crippen LogP contribution in [0.15, 0.2) is 48.5 Å². The highest BCUT2D eigenvalue weighted by molar-refractivity contribution is 7.86. The number of hydrogen-bond donors (Lipinski definition) is 0. The summed E-state index contributed by atoms with van der Waals surface area (Å²) in [5, 5.41) is 10.8. The van der Waals surface area contributed by atoms with Gasteiger partial charge in [0.1, 0.15) is 5.75 Å². The molecule has 0 unspecified atom stereocenters. The molecule has 28 heavy (non-hydrogen) atoms. The van der Waals surface area contributed by atoms with Gasteiger partial charge in [0.05, 0.1) is 11.2 Å². The topological polar surface area (TPSA) is 107 Å². The second-order valence-corrected chi connectivity index (χ2v) is 7.89. The van der Waals surface area contributed by atoms with Crippen LogP contribution in [0.5, 0.6) is 5.75 Å². The summed E-state index contributed by atoms with van der Waals surface area (Å²) in [6.07, 6.45) is 2.69. The number of benzene rings is 2. The van der Waals surface area contributed by atoms with Gasteiger partial charge >= 0.3 is 10.1 Å². The van der Waals surface area contributed by atoms with Crippen LogP contribution in [0, 0.1) is 10.1 Å². The smallest absolute Gasteiger partial charge is 0.306 e. The number of hydrogen-bond acceptors (Lipinski definition) is 6. The highest BCUT2D eigenvalue weighted by Gasteiger charge is 2.17. The van der Waals surface area contributed by atoms with Crippen LogP contribution in [0.4, 0.5) is 5.69 Å². The van der Waals surface area contributed by atoms with E-state index in [1.165, 1.54) is 36.4 Å². The third kappa shape index (κ3) is 6.34. The standard InChI is InChI=1S/C19H22N2O6S/c1-3-4-13-20(19(22)16-7-9-17(10-8-16)21(23)24)14-15-5-11-18(12-6-15)27-28(2,25)26/h5-12H,3-4,13-14H2,1-2H3. The molecule has 8 nitrogen and oxygen atoms in total. The van der Waals surface area contributed by atoms with Gasteiger partial charge in [0.2, 0.25) is 0 Å². The first kappa shape index (κ1) is 21.4. The van der Waals surface area contributed by atoms with Gasteiger partial charge in [-0.3, -0.25) is 14.9 Å². The molecule has 0 heterocycles. The fourth-order valence-corrected chi connectivity index (χ4v) is 3.02. The Morgan fingerprint density at radius 1 is 1.11 bits per heavy atom. The van der Waals surface area contributed by atoms with Crippen LogP contribution in [-0.2, 0) is 16.7 Å². The molecule has 9 heteroatoms. The van der Waals surface area contributed by atoms with Crippen LogP contribution in [0.3, 0.4) is 0 Å². The molecule has 0 fully saturated rings. The summed E-state index contributed by atoms with van der Waals surface area (Å²) in [6, 6.07) is 12.0. The second-order valence-electron chi connectivity index (χ2n) is 6.32. The van der Waals surface area contributed by atoms with Crippen LogP contribution >= 0.6 is 0 Å². The molecule has 0 atom stereocenters. The predicted octanol–water partition coefficient (Wildman–Crippen LogP) is 3.38. The van der Waals surface area contributed by atoms with Crippen LogP contribution in [0.1, 0.15) is 35.7 Å². The number of nitro benzene ring substituents is 1. The first-order valence-corrected chi connectivity index (χ1v) is 10.5. The lowest BCUT2D eigenvalue weighted by molar-refractivity contribution is -0.384. The molecule has 2 aromatic carbocycles. The zero-order valence-corrected chi connectivity index (χ0v) is 16.5. The van der Waals surface area contributed by atoms with Gasteiger partial charge in [-0.2, -0.15) is 8.42 Å². The van der Waals surface area contributed by atoms with E-state index in [1.54, 1.807) is 17.0 Å². The van der Waals surface area contributed by atoms with Gasteiger partial charge in [0, 0.05) is 30.8 Å². The summed E-state index contributed by atoms with van der Waals surface area (Å²) in [7, 11) is -3.60. The molecule has 0 N–H and O–H groups in total. The Hall–Kier alpha value is -2.94. The Bertz CT molecular complexity index is 924. The van der Waals surface area contributed by atoms with Gasteiger partial charge in [0.25, 0.3) is 11.6 Å². The Morgan fingerprint density at radius 3 is 2.21 bits per heavy atom. The van der Waals surface area contributed by atoms with Crippen molar-refractivity contribution in [2.75, 3.05) is 12.8 Å². The monoisotopic (exact) mass is 406 g/mol. The van der Waals surface area contributed by atoms with E-state index < -0.39 is 15.0 Å². The first-order valence-electron chi connectivity index (χ1n) is 8.71. The van der Waals surface area contributed by atoms with Gasteiger partial charge < -0.3 is 9.08 Å². The van der Waals surface area contributed by atoms with Crippen LogP contribution in [0.25, 0.3) is 0 Å². The van der Waals surface area contributed by atoms with Crippen molar-refractivity contribution in [2.24, 2.45) is 0 Å². The number of nitrogens with zero attached hydrogens (tertiary/aromatic N) is 2. The van der Waals surface area contributed by atoms with E-state index in [9.17, 15) is 23.3 Å². The van der Waals surface area contributed by atoms with Gasteiger partial charge in [-0.05, 0) is 36.2 Å². The van der Waals surface area contributed by atoms with Gasteiger partial charge in [0.15, 0.2) is 0 Å². The van der Waals surface area contributed by atoms with Crippen LogP contribution in [-0.4, -0.2) is 36.9 Å². The summed E-state index contributed by atoms with van der Waals surface area (Å²) < 4.78 is 27.2. The molecule has 2 aromatic rings. The number of non-ortho nitro benzene ring substituents is 1. The molecule has 0 aliphatic heterocycles. The number of unbranched alkanes of at least 4 members (excludes halogenated alkanes) is 1. The second kappa shape index (κ2) is 9.32. The van der Waals surface area contributed by atoms with E-state index in [0.717, 1.165) is 24.7 Å². The van der Waals surface area contributed by atoms with Crippen molar-refractivity contribution in [1.82, 2.24) is 4.90 Å². The van der Waals surface area contributed by atoms with E-state index in [1.807, 2.05) is 6.92 Å². The molecule has 150 valence electrons. The van der Waals surface area contributed by atoms with Gasteiger partial charge in [-0.15, -0.1) is 0 Å².